The maximum absolute atomic E-state index is 8.87. The Hall–Kier alpha value is -2.18. The van der Waals surface area contributed by atoms with Gasteiger partial charge in [0.05, 0.1) is 0 Å². The molecule has 0 unspecified atom stereocenters. The molecule has 0 aliphatic rings. The summed E-state index contributed by atoms with van der Waals surface area (Å²) in [5, 5.41) is 18.5. The van der Waals surface area contributed by atoms with Crippen molar-refractivity contribution in [3.63, 3.8) is 0 Å². The molecule has 0 spiro atoms. The van der Waals surface area contributed by atoms with Crippen LogP contribution in [0, 0.1) is 0 Å². The SMILES string of the molecule is OCCCCCSc1nnc(-c2ccncc2)n1-c1ccccc1. The Morgan fingerprint density at radius 3 is 2.46 bits per heavy atom. The average molecular weight is 340 g/mol. The third kappa shape index (κ3) is 4.01. The fraction of sp³-hybridized carbons (Fsp3) is 0.278. The van der Waals surface area contributed by atoms with Gasteiger partial charge < -0.3 is 5.11 Å². The highest BCUT2D eigenvalue weighted by Gasteiger charge is 2.15. The van der Waals surface area contributed by atoms with Crippen LogP contribution in [0.5, 0.6) is 0 Å². The molecule has 0 aliphatic carbocycles. The number of aliphatic hydroxyl groups is 1. The van der Waals surface area contributed by atoms with Crippen LogP contribution < -0.4 is 0 Å². The van der Waals surface area contributed by atoms with E-state index >= 15 is 0 Å². The van der Waals surface area contributed by atoms with Gasteiger partial charge in [-0.15, -0.1) is 10.2 Å². The van der Waals surface area contributed by atoms with Gasteiger partial charge in [-0.1, -0.05) is 36.4 Å². The molecule has 0 saturated carbocycles. The van der Waals surface area contributed by atoms with Crippen molar-refractivity contribution in [2.75, 3.05) is 12.4 Å². The summed E-state index contributed by atoms with van der Waals surface area (Å²) < 4.78 is 2.09. The zero-order chi connectivity index (χ0) is 16.6. The molecule has 0 amide bonds. The number of aromatic nitrogens is 4. The van der Waals surface area contributed by atoms with Gasteiger partial charge in [0.1, 0.15) is 0 Å². The van der Waals surface area contributed by atoms with Gasteiger partial charge in [0.15, 0.2) is 11.0 Å². The summed E-state index contributed by atoms with van der Waals surface area (Å²) in [7, 11) is 0. The first kappa shape index (κ1) is 16.7. The number of nitrogens with zero attached hydrogens (tertiary/aromatic N) is 4. The second-order valence-corrected chi connectivity index (χ2v) is 6.41. The van der Waals surface area contributed by atoms with Crippen molar-refractivity contribution < 1.29 is 5.11 Å². The lowest BCUT2D eigenvalue weighted by Crippen LogP contribution is -2.00. The summed E-state index contributed by atoms with van der Waals surface area (Å²) in [6.45, 7) is 0.261. The Morgan fingerprint density at radius 1 is 0.917 bits per heavy atom. The van der Waals surface area contributed by atoms with Gasteiger partial charge in [-0.05, 0) is 37.1 Å². The van der Waals surface area contributed by atoms with Crippen LogP contribution in [0.25, 0.3) is 17.1 Å². The summed E-state index contributed by atoms with van der Waals surface area (Å²) in [6, 6.07) is 14.0. The predicted octanol–water partition coefficient (Wildman–Crippen LogP) is 3.58. The van der Waals surface area contributed by atoms with E-state index in [-0.39, 0.29) is 6.61 Å². The standard InChI is InChI=1S/C18H20N4OS/c23-13-5-2-6-14-24-18-21-20-17(15-9-11-19-12-10-15)22(18)16-7-3-1-4-8-16/h1,3-4,7-12,23H,2,5-6,13-14H2. The van der Waals surface area contributed by atoms with Crippen molar-refractivity contribution in [2.45, 2.75) is 24.4 Å². The van der Waals surface area contributed by atoms with Gasteiger partial charge in [0.2, 0.25) is 0 Å². The Labute approximate surface area is 145 Å². The molecular formula is C18H20N4OS. The van der Waals surface area contributed by atoms with Gasteiger partial charge in [0.25, 0.3) is 0 Å². The molecule has 1 N–H and O–H groups in total. The van der Waals surface area contributed by atoms with Crippen LogP contribution in [0.4, 0.5) is 0 Å². The number of pyridine rings is 1. The van der Waals surface area contributed by atoms with E-state index in [1.807, 2.05) is 30.3 Å². The van der Waals surface area contributed by atoms with Gasteiger partial charge >= 0.3 is 0 Å². The molecule has 0 atom stereocenters. The van der Waals surface area contributed by atoms with E-state index in [9.17, 15) is 0 Å². The lowest BCUT2D eigenvalue weighted by Gasteiger charge is -2.10. The first-order valence-electron chi connectivity index (χ1n) is 8.05. The maximum Gasteiger partial charge on any atom is 0.196 e. The molecule has 24 heavy (non-hydrogen) atoms. The molecule has 0 fully saturated rings. The fourth-order valence-corrected chi connectivity index (χ4v) is 3.37. The normalized spacial score (nSPS) is 10.9. The largest absolute Gasteiger partial charge is 0.396 e. The number of benzene rings is 1. The van der Waals surface area contributed by atoms with E-state index < -0.39 is 0 Å². The van der Waals surface area contributed by atoms with Gasteiger partial charge in [-0.25, -0.2) is 0 Å². The van der Waals surface area contributed by atoms with Crippen molar-refractivity contribution in [1.29, 1.82) is 0 Å². The van der Waals surface area contributed by atoms with E-state index in [1.54, 1.807) is 24.2 Å². The number of thioether (sulfide) groups is 1. The van der Waals surface area contributed by atoms with E-state index in [1.165, 1.54) is 0 Å². The van der Waals surface area contributed by atoms with Crippen LogP contribution in [0.1, 0.15) is 19.3 Å². The van der Waals surface area contributed by atoms with E-state index in [2.05, 4.69) is 31.9 Å². The molecule has 3 rings (SSSR count). The van der Waals surface area contributed by atoms with Crippen LogP contribution in [0.3, 0.4) is 0 Å². The second kappa shape index (κ2) is 8.61. The summed E-state index contributed by atoms with van der Waals surface area (Å²) in [5.41, 5.74) is 2.04. The van der Waals surface area contributed by atoms with E-state index in [0.29, 0.717) is 0 Å². The van der Waals surface area contributed by atoms with Crippen molar-refractivity contribution in [3.8, 4) is 17.1 Å². The smallest absolute Gasteiger partial charge is 0.196 e. The van der Waals surface area contributed by atoms with E-state index in [4.69, 9.17) is 5.11 Å². The average Bonchev–Trinajstić information content (AvgIpc) is 3.07. The number of para-hydroxylation sites is 1. The fourth-order valence-electron chi connectivity index (χ4n) is 2.42. The zero-order valence-electron chi connectivity index (χ0n) is 13.4. The molecular weight excluding hydrogens is 320 g/mol. The monoisotopic (exact) mass is 340 g/mol. The molecule has 2 heterocycles. The van der Waals surface area contributed by atoms with Crippen molar-refractivity contribution in [3.05, 3.63) is 54.9 Å². The first-order chi connectivity index (χ1) is 11.9. The first-order valence-corrected chi connectivity index (χ1v) is 9.03. The molecule has 1 aromatic carbocycles. The van der Waals surface area contributed by atoms with Crippen molar-refractivity contribution in [1.82, 2.24) is 19.7 Å². The van der Waals surface area contributed by atoms with Gasteiger partial charge in [-0.2, -0.15) is 0 Å². The number of rotatable bonds is 8. The van der Waals surface area contributed by atoms with Crippen LogP contribution in [0.2, 0.25) is 0 Å². The Morgan fingerprint density at radius 2 is 1.71 bits per heavy atom. The molecule has 0 bridgehead atoms. The molecule has 0 saturated heterocycles. The van der Waals surface area contributed by atoms with E-state index in [0.717, 1.165) is 47.2 Å². The predicted molar refractivity (Wildman–Crippen MR) is 96.3 cm³/mol. The molecule has 0 aliphatic heterocycles. The summed E-state index contributed by atoms with van der Waals surface area (Å²) in [6.07, 6.45) is 6.47. The third-order valence-corrected chi connectivity index (χ3v) is 4.64. The van der Waals surface area contributed by atoms with Crippen LogP contribution >= 0.6 is 11.8 Å². The van der Waals surface area contributed by atoms with Gasteiger partial charge in [-0.3, -0.25) is 9.55 Å². The number of hydrogen-bond acceptors (Lipinski definition) is 5. The number of unbranched alkanes of at least 4 members (excludes halogenated alkanes) is 2. The number of hydrogen-bond donors (Lipinski definition) is 1. The molecule has 124 valence electrons. The number of aliphatic hydroxyl groups excluding tert-OH is 1. The highest BCUT2D eigenvalue weighted by molar-refractivity contribution is 7.99. The highest BCUT2D eigenvalue weighted by atomic mass is 32.2. The molecule has 5 nitrogen and oxygen atoms in total. The minimum Gasteiger partial charge on any atom is -0.396 e. The topological polar surface area (TPSA) is 63.8 Å². The quantitative estimate of drug-likeness (QED) is 0.501. The lowest BCUT2D eigenvalue weighted by atomic mass is 10.2. The minimum atomic E-state index is 0.261. The maximum atomic E-state index is 8.87. The summed E-state index contributed by atoms with van der Waals surface area (Å²) in [5.74, 6) is 1.78. The highest BCUT2D eigenvalue weighted by Crippen LogP contribution is 2.28. The third-order valence-electron chi connectivity index (χ3n) is 3.62. The van der Waals surface area contributed by atoms with Gasteiger partial charge in [0, 0.05) is 36.0 Å². The summed E-state index contributed by atoms with van der Waals surface area (Å²) >= 11 is 1.70. The molecule has 3 aromatic rings. The molecule has 0 radical (unpaired) electrons. The van der Waals surface area contributed by atoms with Crippen LogP contribution in [0.15, 0.2) is 60.0 Å². The Kier molecular flexibility index (Phi) is 5.98. The molecule has 2 aromatic heterocycles. The zero-order valence-corrected chi connectivity index (χ0v) is 14.2. The van der Waals surface area contributed by atoms with Crippen molar-refractivity contribution >= 4 is 11.8 Å². The molecule has 6 heteroatoms. The Balaban J connectivity index is 1.88. The van der Waals surface area contributed by atoms with Crippen LogP contribution in [-0.4, -0.2) is 37.2 Å². The minimum absolute atomic E-state index is 0.261. The summed E-state index contributed by atoms with van der Waals surface area (Å²) in [4.78, 5) is 4.08. The van der Waals surface area contributed by atoms with Crippen molar-refractivity contribution in [2.24, 2.45) is 0 Å². The van der Waals surface area contributed by atoms with Crippen LogP contribution in [-0.2, 0) is 0 Å². The Bertz CT molecular complexity index is 746. The lowest BCUT2D eigenvalue weighted by molar-refractivity contribution is 0.284. The second-order valence-electron chi connectivity index (χ2n) is 5.35.